The monoisotopic (exact) mass is 387 g/mol. The molecule has 0 N–H and O–H groups in total. The van der Waals surface area contributed by atoms with Crippen LogP contribution in [0.5, 0.6) is 0 Å². The lowest BCUT2D eigenvalue weighted by molar-refractivity contribution is 0.0813. The molecule has 0 spiro atoms. The van der Waals surface area contributed by atoms with E-state index < -0.39 is 0 Å². The lowest BCUT2D eigenvalue weighted by Crippen LogP contribution is -2.51. The largest absolute Gasteiger partial charge is 0.377 e. The van der Waals surface area contributed by atoms with Crippen molar-refractivity contribution in [1.82, 2.24) is 29.5 Å². The van der Waals surface area contributed by atoms with E-state index in [0.717, 1.165) is 41.7 Å². The molecule has 2 aliphatic heterocycles. The molecule has 2 fully saturated rings. The number of methoxy groups -OCH3 is 1. The van der Waals surface area contributed by atoms with E-state index in [0.29, 0.717) is 12.6 Å². The van der Waals surface area contributed by atoms with Crippen molar-refractivity contribution < 1.29 is 4.74 Å². The number of likely N-dealkylation sites (N-methyl/N-ethyl adjacent to an activating group) is 1. The summed E-state index contributed by atoms with van der Waals surface area (Å²) >= 11 is 0. The quantitative estimate of drug-likeness (QED) is 0.768. The Bertz CT molecular complexity index is 791. The SMILES string of the molecule is COCc1nc(N2CCC([C@H](C)N3CCN(C)CC3)CC2)c2cnn(C)c2n1. The molecule has 2 aliphatic rings. The summed E-state index contributed by atoms with van der Waals surface area (Å²) in [5, 5.41) is 5.43. The zero-order valence-electron chi connectivity index (χ0n) is 17.6. The molecule has 8 heteroatoms. The Balaban J connectivity index is 1.46. The van der Waals surface area contributed by atoms with Crippen molar-refractivity contribution in [3.63, 3.8) is 0 Å². The zero-order valence-corrected chi connectivity index (χ0v) is 17.6. The highest BCUT2D eigenvalue weighted by atomic mass is 16.5. The molecule has 0 unspecified atom stereocenters. The van der Waals surface area contributed by atoms with E-state index in [1.807, 2.05) is 17.9 Å². The van der Waals surface area contributed by atoms with Crippen LogP contribution in [-0.2, 0) is 18.4 Å². The van der Waals surface area contributed by atoms with E-state index in [-0.39, 0.29) is 0 Å². The van der Waals surface area contributed by atoms with Gasteiger partial charge in [0.1, 0.15) is 12.4 Å². The van der Waals surface area contributed by atoms with Crippen LogP contribution in [-0.4, -0.2) is 89.0 Å². The minimum Gasteiger partial charge on any atom is -0.377 e. The minimum atomic E-state index is 0.422. The van der Waals surface area contributed by atoms with Gasteiger partial charge in [0.2, 0.25) is 0 Å². The van der Waals surface area contributed by atoms with Gasteiger partial charge in [-0.25, -0.2) is 9.97 Å². The number of aromatic nitrogens is 4. The first-order valence-electron chi connectivity index (χ1n) is 10.4. The zero-order chi connectivity index (χ0) is 19.7. The molecule has 0 saturated carbocycles. The van der Waals surface area contributed by atoms with Gasteiger partial charge in [-0.3, -0.25) is 9.58 Å². The Hall–Kier alpha value is -1.77. The number of piperazine rings is 1. The van der Waals surface area contributed by atoms with Crippen molar-refractivity contribution in [3.05, 3.63) is 12.0 Å². The van der Waals surface area contributed by atoms with Gasteiger partial charge in [-0.1, -0.05) is 0 Å². The summed E-state index contributed by atoms with van der Waals surface area (Å²) < 4.78 is 7.10. The smallest absolute Gasteiger partial charge is 0.163 e. The molecule has 0 aliphatic carbocycles. The minimum absolute atomic E-state index is 0.422. The van der Waals surface area contributed by atoms with Gasteiger partial charge in [0.25, 0.3) is 0 Å². The first kappa shape index (κ1) is 19.5. The van der Waals surface area contributed by atoms with Crippen molar-refractivity contribution in [1.29, 1.82) is 0 Å². The highest BCUT2D eigenvalue weighted by Gasteiger charge is 2.30. The average molecular weight is 388 g/mol. The second-order valence-corrected chi connectivity index (χ2v) is 8.31. The van der Waals surface area contributed by atoms with Crippen LogP contribution in [0.4, 0.5) is 5.82 Å². The summed E-state index contributed by atoms with van der Waals surface area (Å²) in [5.41, 5.74) is 0.880. The Morgan fingerprint density at radius 3 is 2.46 bits per heavy atom. The third-order valence-electron chi connectivity index (χ3n) is 6.53. The molecule has 2 aromatic rings. The average Bonchev–Trinajstić information content (AvgIpc) is 3.09. The Kier molecular flexibility index (Phi) is 5.80. The lowest BCUT2D eigenvalue weighted by atomic mass is 9.89. The maximum absolute atomic E-state index is 5.28. The van der Waals surface area contributed by atoms with Crippen LogP contribution in [0.2, 0.25) is 0 Å². The normalized spacial score (nSPS) is 21.5. The molecule has 1 atom stereocenters. The predicted molar refractivity (Wildman–Crippen MR) is 110 cm³/mol. The van der Waals surface area contributed by atoms with Crippen LogP contribution in [0, 0.1) is 5.92 Å². The number of hydrogen-bond donors (Lipinski definition) is 0. The molecule has 0 radical (unpaired) electrons. The van der Waals surface area contributed by atoms with Crippen molar-refractivity contribution in [2.45, 2.75) is 32.4 Å². The molecule has 2 saturated heterocycles. The number of aryl methyl sites for hydroxylation is 1. The Morgan fingerprint density at radius 2 is 1.79 bits per heavy atom. The van der Waals surface area contributed by atoms with Crippen LogP contribution in [0.3, 0.4) is 0 Å². The number of piperidine rings is 1. The van der Waals surface area contributed by atoms with Gasteiger partial charge in [-0.2, -0.15) is 5.10 Å². The number of fused-ring (bicyclic) bond motifs is 1. The summed E-state index contributed by atoms with van der Waals surface area (Å²) in [7, 11) is 5.83. The van der Waals surface area contributed by atoms with Gasteiger partial charge in [0, 0.05) is 59.5 Å². The lowest BCUT2D eigenvalue weighted by Gasteiger charge is -2.43. The Labute approximate surface area is 167 Å². The molecule has 0 bridgehead atoms. The van der Waals surface area contributed by atoms with E-state index in [2.05, 4.69) is 38.8 Å². The molecule has 0 amide bonds. The molecule has 0 aromatic carbocycles. The first-order valence-corrected chi connectivity index (χ1v) is 10.4. The summed E-state index contributed by atoms with van der Waals surface area (Å²) in [6, 6.07) is 0.656. The van der Waals surface area contributed by atoms with Gasteiger partial charge in [-0.05, 0) is 32.7 Å². The van der Waals surface area contributed by atoms with Gasteiger partial charge in [0.15, 0.2) is 11.5 Å². The van der Waals surface area contributed by atoms with Crippen molar-refractivity contribution in [2.75, 3.05) is 58.3 Å². The molecule has 28 heavy (non-hydrogen) atoms. The van der Waals surface area contributed by atoms with E-state index in [9.17, 15) is 0 Å². The fourth-order valence-corrected chi connectivity index (χ4v) is 4.61. The molecule has 2 aromatic heterocycles. The van der Waals surface area contributed by atoms with Gasteiger partial charge in [-0.15, -0.1) is 0 Å². The van der Waals surface area contributed by atoms with Gasteiger partial charge in [0.05, 0.1) is 11.6 Å². The molecular weight excluding hydrogens is 354 g/mol. The third kappa shape index (κ3) is 3.86. The van der Waals surface area contributed by atoms with Gasteiger partial charge < -0.3 is 14.5 Å². The summed E-state index contributed by atoms with van der Waals surface area (Å²) in [6.45, 7) is 9.68. The van der Waals surface area contributed by atoms with E-state index in [1.54, 1.807) is 7.11 Å². The molecule has 154 valence electrons. The maximum atomic E-state index is 5.28. The molecule has 4 rings (SSSR count). The third-order valence-corrected chi connectivity index (χ3v) is 6.53. The number of anilines is 1. The van der Waals surface area contributed by atoms with Crippen molar-refractivity contribution in [3.8, 4) is 0 Å². The topological polar surface area (TPSA) is 62.6 Å². The summed E-state index contributed by atoms with van der Waals surface area (Å²) in [4.78, 5) is 17.0. The van der Waals surface area contributed by atoms with Crippen LogP contribution >= 0.6 is 0 Å². The second kappa shape index (κ2) is 8.31. The van der Waals surface area contributed by atoms with Crippen LogP contribution in [0.15, 0.2) is 6.20 Å². The van der Waals surface area contributed by atoms with Crippen LogP contribution in [0.1, 0.15) is 25.6 Å². The number of hydrogen-bond acceptors (Lipinski definition) is 7. The molecular formula is C20H33N7O. The predicted octanol–water partition coefficient (Wildman–Crippen LogP) is 1.36. The number of ether oxygens (including phenoxy) is 1. The van der Waals surface area contributed by atoms with Gasteiger partial charge >= 0.3 is 0 Å². The van der Waals surface area contributed by atoms with E-state index >= 15 is 0 Å². The molecule has 4 heterocycles. The fraction of sp³-hybridized carbons (Fsp3) is 0.750. The highest BCUT2D eigenvalue weighted by molar-refractivity contribution is 5.87. The number of nitrogens with zero attached hydrogens (tertiary/aromatic N) is 7. The first-order chi connectivity index (χ1) is 13.6. The summed E-state index contributed by atoms with van der Waals surface area (Å²) in [5.74, 6) is 2.49. The highest BCUT2D eigenvalue weighted by Crippen LogP contribution is 2.30. The van der Waals surface area contributed by atoms with Crippen molar-refractivity contribution >= 4 is 16.9 Å². The summed E-state index contributed by atoms with van der Waals surface area (Å²) in [6.07, 6.45) is 4.30. The van der Waals surface area contributed by atoms with E-state index in [1.165, 1.54) is 39.0 Å². The Morgan fingerprint density at radius 1 is 1.07 bits per heavy atom. The maximum Gasteiger partial charge on any atom is 0.163 e. The second-order valence-electron chi connectivity index (χ2n) is 8.31. The molecule has 8 nitrogen and oxygen atoms in total. The fourth-order valence-electron chi connectivity index (χ4n) is 4.61. The van der Waals surface area contributed by atoms with E-state index in [4.69, 9.17) is 9.72 Å². The standard InChI is InChI=1S/C20H33N7O/c1-15(26-11-9-24(2)10-12-26)16-5-7-27(8-6-16)20-17-13-21-25(3)19(17)22-18(23-20)14-28-4/h13,15-16H,5-12,14H2,1-4H3/t15-/m0/s1. The van der Waals surface area contributed by atoms with Crippen molar-refractivity contribution in [2.24, 2.45) is 13.0 Å². The van der Waals surface area contributed by atoms with Crippen LogP contribution < -0.4 is 4.90 Å². The number of rotatable bonds is 5. The van der Waals surface area contributed by atoms with Crippen LogP contribution in [0.25, 0.3) is 11.0 Å².